The summed E-state index contributed by atoms with van der Waals surface area (Å²) in [5.74, 6) is -5.93. The number of alkyl halides is 2. The van der Waals surface area contributed by atoms with Crippen molar-refractivity contribution >= 4 is 29.1 Å². The van der Waals surface area contributed by atoms with Gasteiger partial charge < -0.3 is 5.11 Å². The van der Waals surface area contributed by atoms with Gasteiger partial charge in [0.15, 0.2) is 0 Å². The molecule has 0 unspecified atom stereocenters. The Morgan fingerprint density at radius 3 is 1.31 bits per heavy atom. The highest BCUT2D eigenvalue weighted by Gasteiger charge is 2.56. The van der Waals surface area contributed by atoms with E-state index in [0.717, 1.165) is 15.9 Å². The van der Waals surface area contributed by atoms with Crippen LogP contribution in [0.25, 0.3) is 0 Å². The SMILES string of the molecule is O=C(O)C(F)(F)C[P+](c1ccccc1)(c1ccccc1)c1ccccc1. The van der Waals surface area contributed by atoms with Crippen molar-refractivity contribution in [3.63, 3.8) is 0 Å². The van der Waals surface area contributed by atoms with Crippen LogP contribution in [0.3, 0.4) is 0 Å². The third kappa shape index (κ3) is 3.38. The van der Waals surface area contributed by atoms with Crippen LogP contribution in [0.15, 0.2) is 91.0 Å². The molecule has 0 saturated carbocycles. The fourth-order valence-corrected chi connectivity index (χ4v) is 7.35. The summed E-state index contributed by atoms with van der Waals surface area (Å²) in [6, 6.07) is 27.1. The Morgan fingerprint density at radius 2 is 1.04 bits per heavy atom. The normalized spacial score (nSPS) is 11.9. The second-order valence-electron chi connectivity index (χ2n) is 5.98. The second-order valence-corrected chi connectivity index (χ2v) is 9.47. The number of aliphatic carboxylic acids is 1. The quantitative estimate of drug-likeness (QED) is 0.671. The summed E-state index contributed by atoms with van der Waals surface area (Å²) in [4.78, 5) is 11.3. The molecule has 0 atom stereocenters. The molecule has 0 aromatic heterocycles. The number of carbonyl (C=O) groups is 1. The number of hydrogen-bond donors (Lipinski definition) is 1. The lowest BCUT2D eigenvalue weighted by Gasteiger charge is -2.29. The highest BCUT2D eigenvalue weighted by atomic mass is 31.2. The molecule has 0 heterocycles. The Balaban J connectivity index is 2.34. The molecule has 0 aliphatic rings. The number of benzene rings is 3. The van der Waals surface area contributed by atoms with Crippen LogP contribution in [0.2, 0.25) is 0 Å². The zero-order chi connectivity index (χ0) is 18.6. The first-order valence-corrected chi connectivity index (χ1v) is 10.1. The van der Waals surface area contributed by atoms with Crippen LogP contribution >= 0.6 is 7.26 Å². The zero-order valence-electron chi connectivity index (χ0n) is 13.9. The van der Waals surface area contributed by atoms with Gasteiger partial charge >= 0.3 is 11.9 Å². The molecule has 0 fully saturated rings. The highest BCUT2D eigenvalue weighted by molar-refractivity contribution is 7.95. The number of carboxylic acids is 1. The average molecular weight is 371 g/mol. The van der Waals surface area contributed by atoms with Gasteiger partial charge in [-0.2, -0.15) is 8.78 Å². The Morgan fingerprint density at radius 1 is 0.731 bits per heavy atom. The van der Waals surface area contributed by atoms with E-state index in [0.29, 0.717) is 0 Å². The number of hydrogen-bond acceptors (Lipinski definition) is 1. The van der Waals surface area contributed by atoms with E-state index in [2.05, 4.69) is 0 Å². The maximum absolute atomic E-state index is 14.5. The first-order valence-electron chi connectivity index (χ1n) is 8.13. The summed E-state index contributed by atoms with van der Waals surface area (Å²) >= 11 is 0. The van der Waals surface area contributed by atoms with E-state index >= 15 is 0 Å². The molecule has 3 aromatic carbocycles. The van der Waals surface area contributed by atoms with E-state index in [1.54, 1.807) is 36.4 Å². The minimum atomic E-state index is -3.84. The fraction of sp³-hybridized carbons (Fsp3) is 0.0952. The van der Waals surface area contributed by atoms with E-state index in [-0.39, 0.29) is 0 Å². The number of halogens is 2. The standard InChI is InChI=1S/C21H17F2O2P/c22-21(23,20(24)25)16-26(17-10-4-1-5-11-17,18-12-6-2-7-13-18)19-14-8-3-9-15-19/h1-15H,16H2/p+1. The summed E-state index contributed by atoms with van der Waals surface area (Å²) in [5.41, 5.74) is 0. The smallest absolute Gasteiger partial charge is 0.378 e. The molecule has 0 aliphatic carbocycles. The number of carboxylic acid groups (broad SMARTS) is 1. The maximum atomic E-state index is 14.5. The molecule has 132 valence electrons. The van der Waals surface area contributed by atoms with Gasteiger partial charge in [-0.15, -0.1) is 0 Å². The Hall–Kier alpha value is -2.58. The lowest BCUT2D eigenvalue weighted by atomic mass is 10.3. The molecule has 0 radical (unpaired) electrons. The summed E-state index contributed by atoms with van der Waals surface area (Å²) < 4.78 is 29.1. The fourth-order valence-electron chi connectivity index (χ4n) is 3.13. The Labute approximate surface area is 151 Å². The minimum Gasteiger partial charge on any atom is -0.477 e. The molecule has 3 rings (SSSR count). The van der Waals surface area contributed by atoms with Gasteiger partial charge in [-0.1, -0.05) is 54.6 Å². The monoisotopic (exact) mass is 371 g/mol. The molecule has 0 amide bonds. The van der Waals surface area contributed by atoms with E-state index in [9.17, 15) is 13.6 Å². The summed E-state index contributed by atoms with van der Waals surface area (Å²) in [7, 11) is -2.86. The zero-order valence-corrected chi connectivity index (χ0v) is 14.8. The van der Waals surface area contributed by atoms with Crippen molar-refractivity contribution in [3.05, 3.63) is 91.0 Å². The van der Waals surface area contributed by atoms with Crippen molar-refractivity contribution in [3.8, 4) is 0 Å². The van der Waals surface area contributed by atoms with Crippen LogP contribution in [0.1, 0.15) is 0 Å². The first kappa shape index (κ1) is 18.2. The van der Waals surface area contributed by atoms with Crippen LogP contribution in [0.5, 0.6) is 0 Å². The topological polar surface area (TPSA) is 37.3 Å². The molecular formula is C21H18F2O2P+. The van der Waals surface area contributed by atoms with E-state index < -0.39 is 25.3 Å². The molecule has 2 nitrogen and oxygen atoms in total. The second kappa shape index (κ2) is 7.35. The third-order valence-corrected chi connectivity index (χ3v) is 8.75. The van der Waals surface area contributed by atoms with Gasteiger partial charge in [-0.05, 0) is 36.4 Å². The molecule has 1 N–H and O–H groups in total. The minimum absolute atomic E-state index is 0.735. The van der Waals surface area contributed by atoms with Gasteiger partial charge in [-0.25, -0.2) is 4.79 Å². The van der Waals surface area contributed by atoms with Gasteiger partial charge in [0.1, 0.15) is 29.3 Å². The van der Waals surface area contributed by atoms with Gasteiger partial charge in [0.25, 0.3) is 0 Å². The maximum Gasteiger partial charge on any atom is 0.378 e. The molecule has 0 spiro atoms. The summed E-state index contributed by atoms with van der Waals surface area (Å²) in [6.45, 7) is 0. The Kier molecular flexibility index (Phi) is 5.15. The van der Waals surface area contributed by atoms with Crippen LogP contribution < -0.4 is 15.9 Å². The van der Waals surface area contributed by atoms with Gasteiger partial charge in [0.05, 0.1) is 0 Å². The molecule has 0 saturated heterocycles. The largest absolute Gasteiger partial charge is 0.477 e. The van der Waals surface area contributed by atoms with Gasteiger partial charge in [0.2, 0.25) is 0 Å². The van der Waals surface area contributed by atoms with Gasteiger partial charge in [-0.3, -0.25) is 0 Å². The average Bonchev–Trinajstić information content (AvgIpc) is 2.68. The van der Waals surface area contributed by atoms with Crippen LogP contribution in [-0.2, 0) is 4.79 Å². The van der Waals surface area contributed by atoms with Crippen molar-refractivity contribution in [2.75, 3.05) is 6.16 Å². The van der Waals surface area contributed by atoms with Crippen molar-refractivity contribution in [1.29, 1.82) is 0 Å². The van der Waals surface area contributed by atoms with Crippen molar-refractivity contribution in [1.82, 2.24) is 0 Å². The molecule has 0 bridgehead atoms. The van der Waals surface area contributed by atoms with E-state index in [1.807, 2.05) is 54.6 Å². The molecule has 3 aromatic rings. The summed E-state index contributed by atoms with van der Waals surface area (Å²) in [6.07, 6.45) is -0.757. The van der Waals surface area contributed by atoms with Gasteiger partial charge in [0, 0.05) is 0 Å². The van der Waals surface area contributed by atoms with Crippen LogP contribution in [-0.4, -0.2) is 23.2 Å². The lowest BCUT2D eigenvalue weighted by molar-refractivity contribution is -0.161. The lowest BCUT2D eigenvalue weighted by Crippen LogP contribution is -2.43. The number of rotatable bonds is 6. The highest BCUT2D eigenvalue weighted by Crippen LogP contribution is 2.58. The van der Waals surface area contributed by atoms with Crippen LogP contribution in [0, 0.1) is 0 Å². The third-order valence-electron chi connectivity index (χ3n) is 4.34. The first-order chi connectivity index (χ1) is 12.5. The summed E-state index contributed by atoms with van der Waals surface area (Å²) in [5, 5.41) is 11.3. The molecule has 0 aliphatic heterocycles. The molecule has 26 heavy (non-hydrogen) atoms. The van der Waals surface area contributed by atoms with Crippen molar-refractivity contribution < 1.29 is 18.7 Å². The predicted octanol–water partition coefficient (Wildman–Crippen LogP) is 3.70. The van der Waals surface area contributed by atoms with Crippen molar-refractivity contribution in [2.45, 2.75) is 5.92 Å². The van der Waals surface area contributed by atoms with Crippen molar-refractivity contribution in [2.24, 2.45) is 0 Å². The molecule has 5 heteroatoms. The molecular weight excluding hydrogens is 353 g/mol. The predicted molar refractivity (Wildman–Crippen MR) is 103 cm³/mol. The van der Waals surface area contributed by atoms with E-state index in [1.165, 1.54) is 0 Å². The van der Waals surface area contributed by atoms with E-state index in [4.69, 9.17) is 5.11 Å². The Bertz CT molecular complexity index is 772. The van der Waals surface area contributed by atoms with Crippen LogP contribution in [0.4, 0.5) is 8.78 Å².